The maximum absolute atomic E-state index is 10.4. The lowest BCUT2D eigenvalue weighted by Gasteiger charge is -2.30. The van der Waals surface area contributed by atoms with Gasteiger partial charge in [-0.05, 0) is 6.42 Å². The molecule has 1 rings (SSSR count). The first kappa shape index (κ1) is 10.9. The van der Waals surface area contributed by atoms with Crippen LogP contribution in [0.3, 0.4) is 0 Å². The van der Waals surface area contributed by atoms with E-state index < -0.39 is 11.6 Å². The van der Waals surface area contributed by atoms with Gasteiger partial charge in [-0.3, -0.25) is 0 Å². The Morgan fingerprint density at radius 3 is 2.79 bits per heavy atom. The van der Waals surface area contributed by atoms with Crippen LogP contribution in [0.1, 0.15) is 12.8 Å². The highest BCUT2D eigenvalue weighted by Gasteiger charge is 2.28. The van der Waals surface area contributed by atoms with Crippen molar-refractivity contribution in [3.8, 4) is 0 Å². The number of allylic oxidation sites excluding steroid dienone is 2. The molecule has 0 spiro atoms. The Kier molecular flexibility index (Phi) is 3.85. The molecular weight excluding hydrogens is 184 g/mol. The van der Waals surface area contributed by atoms with Crippen LogP contribution in [-0.2, 0) is 9.53 Å². The number of aliphatic carboxylic acids is 1. The van der Waals surface area contributed by atoms with Crippen molar-refractivity contribution in [3.05, 3.63) is 24.3 Å². The summed E-state index contributed by atoms with van der Waals surface area (Å²) in [6.07, 6.45) is 8.41. The Labute approximate surface area is 82.5 Å². The van der Waals surface area contributed by atoms with Crippen LogP contribution >= 0.6 is 0 Å². The zero-order chi connectivity index (χ0) is 10.4. The van der Waals surface area contributed by atoms with Crippen molar-refractivity contribution in [2.75, 3.05) is 13.2 Å². The fraction of sp³-hybridized carbons (Fsp3) is 0.500. The van der Waals surface area contributed by atoms with E-state index in [1.54, 1.807) is 12.2 Å². The summed E-state index contributed by atoms with van der Waals surface area (Å²) in [5.74, 6) is -0.995. The second-order valence-electron chi connectivity index (χ2n) is 3.21. The number of aliphatic hydroxyl groups excluding tert-OH is 1. The molecular formula is C10H14O4. The van der Waals surface area contributed by atoms with Gasteiger partial charge in [-0.25, -0.2) is 4.79 Å². The Balaban J connectivity index is 2.57. The molecule has 1 unspecified atom stereocenters. The summed E-state index contributed by atoms with van der Waals surface area (Å²) in [4.78, 5) is 10.4. The van der Waals surface area contributed by atoms with E-state index in [-0.39, 0.29) is 13.2 Å². The highest BCUT2D eigenvalue weighted by atomic mass is 16.5. The number of ether oxygens (including phenoxy) is 1. The van der Waals surface area contributed by atoms with E-state index >= 15 is 0 Å². The molecule has 0 aromatic rings. The normalized spacial score (nSPS) is 25.2. The van der Waals surface area contributed by atoms with E-state index in [1.165, 1.54) is 0 Å². The number of carboxylic acid groups (broad SMARTS) is 1. The third kappa shape index (κ3) is 2.97. The zero-order valence-corrected chi connectivity index (χ0v) is 7.85. The summed E-state index contributed by atoms with van der Waals surface area (Å²) < 4.78 is 5.27. The summed E-state index contributed by atoms with van der Waals surface area (Å²) in [6, 6.07) is 0. The molecule has 1 aliphatic carbocycles. The van der Waals surface area contributed by atoms with Gasteiger partial charge in [0.15, 0.2) is 0 Å². The molecule has 4 nitrogen and oxygen atoms in total. The van der Waals surface area contributed by atoms with Crippen molar-refractivity contribution in [1.29, 1.82) is 0 Å². The minimum absolute atomic E-state index is 0.0161. The standard InChI is InChI=1S/C10H14O4/c11-7-6-10(14-8-9(12)13)4-2-1-3-5-10/h1-4,11H,5-8H2,(H,12,13). The molecule has 0 amide bonds. The second-order valence-corrected chi connectivity index (χ2v) is 3.21. The highest BCUT2D eigenvalue weighted by Crippen LogP contribution is 2.25. The van der Waals surface area contributed by atoms with Crippen LogP contribution in [-0.4, -0.2) is 35.0 Å². The number of hydrogen-bond donors (Lipinski definition) is 2. The second kappa shape index (κ2) is 4.93. The van der Waals surface area contributed by atoms with E-state index in [2.05, 4.69) is 0 Å². The first-order valence-corrected chi connectivity index (χ1v) is 4.49. The monoisotopic (exact) mass is 198 g/mol. The molecule has 0 radical (unpaired) electrons. The Bertz CT molecular complexity index is 257. The third-order valence-corrected chi connectivity index (χ3v) is 2.13. The molecule has 4 heteroatoms. The molecule has 1 atom stereocenters. The fourth-order valence-corrected chi connectivity index (χ4v) is 1.40. The number of carbonyl (C=O) groups is 1. The van der Waals surface area contributed by atoms with E-state index in [1.807, 2.05) is 12.2 Å². The molecule has 0 saturated heterocycles. The van der Waals surface area contributed by atoms with Gasteiger partial charge in [0.05, 0.1) is 5.60 Å². The lowest BCUT2D eigenvalue weighted by atomic mass is 9.92. The van der Waals surface area contributed by atoms with Crippen molar-refractivity contribution in [3.63, 3.8) is 0 Å². The molecule has 0 fully saturated rings. The molecule has 0 aliphatic heterocycles. The van der Waals surface area contributed by atoms with Gasteiger partial charge >= 0.3 is 5.97 Å². The minimum atomic E-state index is -0.995. The van der Waals surface area contributed by atoms with Gasteiger partial charge in [0.2, 0.25) is 0 Å². The average molecular weight is 198 g/mol. The molecule has 0 aromatic carbocycles. The Morgan fingerprint density at radius 2 is 2.29 bits per heavy atom. The van der Waals surface area contributed by atoms with Crippen LogP contribution in [0.2, 0.25) is 0 Å². The zero-order valence-electron chi connectivity index (χ0n) is 7.85. The molecule has 0 bridgehead atoms. The van der Waals surface area contributed by atoms with Gasteiger partial charge in [0.25, 0.3) is 0 Å². The number of aliphatic hydroxyl groups is 1. The topological polar surface area (TPSA) is 66.8 Å². The van der Waals surface area contributed by atoms with E-state index in [9.17, 15) is 4.79 Å². The van der Waals surface area contributed by atoms with E-state index in [0.717, 1.165) is 0 Å². The van der Waals surface area contributed by atoms with Crippen molar-refractivity contribution in [2.24, 2.45) is 0 Å². The van der Waals surface area contributed by atoms with Crippen LogP contribution in [0, 0.1) is 0 Å². The van der Waals surface area contributed by atoms with Crippen LogP contribution < -0.4 is 0 Å². The minimum Gasteiger partial charge on any atom is -0.480 e. The average Bonchev–Trinajstić information content (AvgIpc) is 2.17. The maximum atomic E-state index is 10.4. The van der Waals surface area contributed by atoms with Crippen molar-refractivity contribution in [2.45, 2.75) is 18.4 Å². The predicted molar refractivity (Wildman–Crippen MR) is 50.9 cm³/mol. The van der Waals surface area contributed by atoms with Crippen molar-refractivity contribution >= 4 is 5.97 Å². The fourth-order valence-electron chi connectivity index (χ4n) is 1.40. The van der Waals surface area contributed by atoms with Gasteiger partial charge in [0, 0.05) is 13.0 Å². The first-order chi connectivity index (χ1) is 6.68. The number of rotatable bonds is 5. The summed E-state index contributed by atoms with van der Waals surface area (Å²) in [5.41, 5.74) is -0.637. The molecule has 14 heavy (non-hydrogen) atoms. The molecule has 78 valence electrons. The lowest BCUT2D eigenvalue weighted by molar-refractivity contribution is -0.147. The van der Waals surface area contributed by atoms with E-state index in [0.29, 0.717) is 12.8 Å². The Hall–Kier alpha value is -1.13. The van der Waals surface area contributed by atoms with E-state index in [4.69, 9.17) is 14.9 Å². The first-order valence-electron chi connectivity index (χ1n) is 4.49. The summed E-state index contributed by atoms with van der Waals surface area (Å²) in [6.45, 7) is -0.351. The molecule has 0 saturated carbocycles. The highest BCUT2D eigenvalue weighted by molar-refractivity contribution is 5.68. The maximum Gasteiger partial charge on any atom is 0.329 e. The van der Waals surface area contributed by atoms with Gasteiger partial charge < -0.3 is 14.9 Å². The third-order valence-electron chi connectivity index (χ3n) is 2.13. The predicted octanol–water partition coefficient (Wildman–Crippen LogP) is 0.725. The Morgan fingerprint density at radius 1 is 1.50 bits per heavy atom. The van der Waals surface area contributed by atoms with Gasteiger partial charge in [0.1, 0.15) is 6.61 Å². The molecule has 2 N–H and O–H groups in total. The summed E-state index contributed by atoms with van der Waals surface area (Å²) >= 11 is 0. The SMILES string of the molecule is O=C(O)COC1(CCO)C=CC=CC1. The van der Waals surface area contributed by atoms with Crippen LogP contribution in [0.15, 0.2) is 24.3 Å². The van der Waals surface area contributed by atoms with Crippen LogP contribution in [0.25, 0.3) is 0 Å². The lowest BCUT2D eigenvalue weighted by Crippen LogP contribution is -2.34. The smallest absolute Gasteiger partial charge is 0.329 e. The molecule has 0 aromatic heterocycles. The number of hydrogen-bond acceptors (Lipinski definition) is 3. The van der Waals surface area contributed by atoms with Crippen molar-refractivity contribution < 1.29 is 19.7 Å². The van der Waals surface area contributed by atoms with Gasteiger partial charge in [-0.1, -0.05) is 24.3 Å². The summed E-state index contributed by atoms with van der Waals surface area (Å²) in [7, 11) is 0. The van der Waals surface area contributed by atoms with Crippen LogP contribution in [0.4, 0.5) is 0 Å². The largest absolute Gasteiger partial charge is 0.480 e. The van der Waals surface area contributed by atoms with Gasteiger partial charge in [-0.15, -0.1) is 0 Å². The number of carboxylic acids is 1. The summed E-state index contributed by atoms with van der Waals surface area (Å²) in [5, 5.41) is 17.4. The van der Waals surface area contributed by atoms with Gasteiger partial charge in [-0.2, -0.15) is 0 Å². The molecule has 0 heterocycles. The molecule has 1 aliphatic rings. The van der Waals surface area contributed by atoms with Crippen LogP contribution in [0.5, 0.6) is 0 Å². The quantitative estimate of drug-likeness (QED) is 0.683. The van der Waals surface area contributed by atoms with Crippen molar-refractivity contribution in [1.82, 2.24) is 0 Å².